The van der Waals surface area contributed by atoms with Crippen molar-refractivity contribution in [3.05, 3.63) is 0 Å². The molecule has 0 aliphatic heterocycles. The minimum Gasteiger partial charge on any atom is -0.0625 e. The van der Waals surface area contributed by atoms with Gasteiger partial charge in [0.05, 0.1) is 0 Å². The van der Waals surface area contributed by atoms with Crippen molar-refractivity contribution >= 4 is 0 Å². The Hall–Kier alpha value is 0. The summed E-state index contributed by atoms with van der Waals surface area (Å²) >= 11 is 0. The van der Waals surface area contributed by atoms with Crippen molar-refractivity contribution in [1.29, 1.82) is 0 Å². The third kappa shape index (κ3) is 1.70. The van der Waals surface area contributed by atoms with Crippen molar-refractivity contribution < 1.29 is 0 Å². The van der Waals surface area contributed by atoms with Crippen LogP contribution in [-0.2, 0) is 0 Å². The van der Waals surface area contributed by atoms with Gasteiger partial charge >= 0.3 is 0 Å². The Morgan fingerprint density at radius 2 is 1.56 bits per heavy atom. The molecule has 1 saturated carbocycles. The number of hydrogen-bond acceptors (Lipinski definition) is 0. The maximum atomic E-state index is 2.39. The lowest BCUT2D eigenvalue weighted by atomic mass is 9.77. The van der Waals surface area contributed by atoms with E-state index in [1.54, 1.807) is 0 Å². The molecule has 0 amide bonds. The van der Waals surface area contributed by atoms with Gasteiger partial charge in [0.25, 0.3) is 0 Å². The van der Waals surface area contributed by atoms with Crippen LogP contribution in [0, 0.1) is 17.8 Å². The van der Waals surface area contributed by atoms with Crippen molar-refractivity contribution in [1.82, 2.24) is 0 Å². The molecule has 0 bridgehead atoms. The maximum absolute atomic E-state index is 2.39. The first-order valence-corrected chi connectivity index (χ1v) is 4.20. The summed E-state index contributed by atoms with van der Waals surface area (Å²) in [6.45, 7) is 7.15. The second-order valence-electron chi connectivity index (χ2n) is 3.87. The van der Waals surface area contributed by atoms with E-state index in [0.29, 0.717) is 0 Å². The van der Waals surface area contributed by atoms with Gasteiger partial charge in [0, 0.05) is 0 Å². The largest absolute Gasteiger partial charge is 0.0625 e. The first-order chi connectivity index (χ1) is 4.20. The van der Waals surface area contributed by atoms with Crippen LogP contribution in [0.15, 0.2) is 0 Å². The van der Waals surface area contributed by atoms with E-state index in [2.05, 4.69) is 20.8 Å². The first-order valence-electron chi connectivity index (χ1n) is 4.20. The van der Waals surface area contributed by atoms with E-state index in [9.17, 15) is 0 Å². The van der Waals surface area contributed by atoms with E-state index in [1.165, 1.54) is 19.3 Å². The summed E-state index contributed by atoms with van der Waals surface area (Å²) in [7, 11) is 0. The molecular weight excluding hydrogens is 108 g/mol. The van der Waals surface area contributed by atoms with Gasteiger partial charge in [-0.2, -0.15) is 0 Å². The van der Waals surface area contributed by atoms with Crippen LogP contribution < -0.4 is 0 Å². The highest BCUT2D eigenvalue weighted by molar-refractivity contribution is 4.72. The van der Waals surface area contributed by atoms with Crippen LogP contribution in [0.25, 0.3) is 0 Å². The van der Waals surface area contributed by atoms with Crippen molar-refractivity contribution in [2.45, 2.75) is 40.0 Å². The van der Waals surface area contributed by atoms with E-state index < -0.39 is 0 Å². The van der Waals surface area contributed by atoms with Crippen LogP contribution in [0.2, 0.25) is 0 Å². The second kappa shape index (κ2) is 2.72. The van der Waals surface area contributed by atoms with Crippen LogP contribution in [0.3, 0.4) is 0 Å². The number of rotatable bonds is 0. The molecule has 0 saturated heterocycles. The Balaban J connectivity index is 2.35. The quantitative estimate of drug-likeness (QED) is 0.468. The summed E-state index contributed by atoms with van der Waals surface area (Å²) < 4.78 is 0. The SMILES string of the molecule is CC1CCC(C)[C@H](C)C1. The summed E-state index contributed by atoms with van der Waals surface area (Å²) in [4.78, 5) is 0. The molecule has 3 atom stereocenters. The Bertz CT molecular complexity index is 86.0. The van der Waals surface area contributed by atoms with E-state index in [1.807, 2.05) is 0 Å². The molecule has 0 aromatic rings. The molecule has 0 heterocycles. The molecule has 0 aromatic heterocycles. The monoisotopic (exact) mass is 126 g/mol. The predicted molar refractivity (Wildman–Crippen MR) is 41.3 cm³/mol. The fourth-order valence-electron chi connectivity index (χ4n) is 1.82. The lowest BCUT2D eigenvalue weighted by Crippen LogP contribution is -2.18. The fourth-order valence-corrected chi connectivity index (χ4v) is 1.82. The second-order valence-corrected chi connectivity index (χ2v) is 3.87. The highest BCUT2D eigenvalue weighted by Gasteiger charge is 2.20. The van der Waals surface area contributed by atoms with Crippen molar-refractivity contribution in [3.63, 3.8) is 0 Å². The smallest absolute Gasteiger partial charge is 0.0414 e. The molecule has 0 heteroatoms. The van der Waals surface area contributed by atoms with Gasteiger partial charge in [0.2, 0.25) is 0 Å². The van der Waals surface area contributed by atoms with Gasteiger partial charge in [-0.25, -0.2) is 0 Å². The average molecular weight is 126 g/mol. The number of hydrogen-bond donors (Lipinski definition) is 0. The molecule has 9 heavy (non-hydrogen) atoms. The maximum Gasteiger partial charge on any atom is -0.0414 e. The van der Waals surface area contributed by atoms with Crippen molar-refractivity contribution in [2.24, 2.45) is 17.8 Å². The van der Waals surface area contributed by atoms with Gasteiger partial charge in [0.1, 0.15) is 0 Å². The Morgan fingerprint density at radius 1 is 0.889 bits per heavy atom. The molecule has 1 fully saturated rings. The van der Waals surface area contributed by atoms with Crippen molar-refractivity contribution in [3.8, 4) is 0 Å². The van der Waals surface area contributed by atoms with Gasteiger partial charge in [-0.3, -0.25) is 0 Å². The topological polar surface area (TPSA) is 0 Å². The molecule has 1 aliphatic carbocycles. The Kier molecular flexibility index (Phi) is 2.15. The molecule has 1 aliphatic rings. The van der Waals surface area contributed by atoms with Gasteiger partial charge in [0.15, 0.2) is 0 Å². The molecule has 0 nitrogen and oxygen atoms in total. The van der Waals surface area contributed by atoms with E-state index in [4.69, 9.17) is 0 Å². The zero-order valence-corrected chi connectivity index (χ0v) is 6.85. The van der Waals surface area contributed by atoms with Crippen LogP contribution in [0.4, 0.5) is 0 Å². The molecule has 0 radical (unpaired) electrons. The third-order valence-electron chi connectivity index (χ3n) is 2.86. The van der Waals surface area contributed by atoms with Gasteiger partial charge in [-0.15, -0.1) is 0 Å². The molecule has 2 unspecified atom stereocenters. The highest BCUT2D eigenvalue weighted by atomic mass is 14.3. The van der Waals surface area contributed by atoms with Crippen LogP contribution in [0.5, 0.6) is 0 Å². The summed E-state index contributed by atoms with van der Waals surface area (Å²) in [5, 5.41) is 0. The van der Waals surface area contributed by atoms with Gasteiger partial charge in [-0.1, -0.05) is 33.6 Å². The van der Waals surface area contributed by atoms with Gasteiger partial charge < -0.3 is 0 Å². The standard InChI is InChI=1S/C9H18/c1-7-4-5-8(2)9(3)6-7/h7-9H,4-6H2,1-3H3/t7?,8?,9-/m1/s1. The summed E-state index contributed by atoms with van der Waals surface area (Å²) in [5.74, 6) is 2.96. The molecule has 54 valence electrons. The lowest BCUT2D eigenvalue weighted by molar-refractivity contribution is 0.220. The highest BCUT2D eigenvalue weighted by Crippen LogP contribution is 2.32. The molecule has 0 N–H and O–H groups in total. The van der Waals surface area contributed by atoms with E-state index >= 15 is 0 Å². The zero-order valence-electron chi connectivity index (χ0n) is 6.85. The summed E-state index contributed by atoms with van der Waals surface area (Å²) in [6.07, 6.45) is 4.38. The summed E-state index contributed by atoms with van der Waals surface area (Å²) in [5.41, 5.74) is 0. The normalized spacial score (nSPS) is 45.0. The van der Waals surface area contributed by atoms with Crippen LogP contribution in [-0.4, -0.2) is 0 Å². The molecule has 0 aromatic carbocycles. The van der Waals surface area contributed by atoms with Crippen molar-refractivity contribution in [2.75, 3.05) is 0 Å². The predicted octanol–water partition coefficient (Wildman–Crippen LogP) is 3.08. The summed E-state index contributed by atoms with van der Waals surface area (Å²) in [6, 6.07) is 0. The van der Waals surface area contributed by atoms with E-state index in [0.717, 1.165) is 17.8 Å². The minimum absolute atomic E-state index is 0.980. The first kappa shape index (κ1) is 7.11. The minimum atomic E-state index is 0.980. The molecule has 1 rings (SSSR count). The average Bonchev–Trinajstić information content (AvgIpc) is 1.80. The fraction of sp³-hybridized carbons (Fsp3) is 1.00. The zero-order chi connectivity index (χ0) is 6.85. The third-order valence-corrected chi connectivity index (χ3v) is 2.86. The van der Waals surface area contributed by atoms with E-state index in [-0.39, 0.29) is 0 Å². The molecule has 0 spiro atoms. The van der Waals surface area contributed by atoms with Crippen LogP contribution >= 0.6 is 0 Å². The van der Waals surface area contributed by atoms with Gasteiger partial charge in [-0.05, 0) is 24.2 Å². The van der Waals surface area contributed by atoms with Crippen LogP contribution in [0.1, 0.15) is 40.0 Å². The lowest BCUT2D eigenvalue weighted by Gasteiger charge is -2.29. The molecular formula is C9H18. The Labute approximate surface area is 58.7 Å². The Morgan fingerprint density at radius 3 is 2.00 bits per heavy atom.